The van der Waals surface area contributed by atoms with Crippen LogP contribution in [0.15, 0.2) is 40.2 Å². The van der Waals surface area contributed by atoms with E-state index in [0.717, 1.165) is 22.3 Å². The van der Waals surface area contributed by atoms with Crippen molar-refractivity contribution in [2.75, 3.05) is 13.6 Å². The van der Waals surface area contributed by atoms with E-state index < -0.39 is 5.97 Å². The van der Waals surface area contributed by atoms with Crippen molar-refractivity contribution in [3.05, 3.63) is 56.2 Å². The highest BCUT2D eigenvalue weighted by Crippen LogP contribution is 2.29. The third-order valence-electron chi connectivity index (χ3n) is 3.65. The van der Waals surface area contributed by atoms with Crippen molar-refractivity contribution >= 4 is 33.2 Å². The van der Waals surface area contributed by atoms with Crippen LogP contribution >= 0.6 is 27.3 Å². The lowest BCUT2D eigenvalue weighted by Gasteiger charge is -2.24. The summed E-state index contributed by atoms with van der Waals surface area (Å²) in [5, 5.41) is 9.20. The fourth-order valence-electron chi connectivity index (χ4n) is 2.21. The Morgan fingerprint density at radius 1 is 1.33 bits per heavy atom. The van der Waals surface area contributed by atoms with Crippen LogP contribution in [0, 0.1) is 0 Å². The zero-order valence-electron chi connectivity index (χ0n) is 12.0. The van der Waals surface area contributed by atoms with Gasteiger partial charge in [0.05, 0.1) is 9.35 Å². The van der Waals surface area contributed by atoms with E-state index in [0.29, 0.717) is 11.6 Å². The lowest BCUT2D eigenvalue weighted by atomic mass is 10.0. The largest absolute Gasteiger partial charge is 0.478 e. The molecule has 0 spiro atoms. The lowest BCUT2D eigenvalue weighted by Crippen LogP contribution is -2.24. The highest BCUT2D eigenvalue weighted by atomic mass is 79.9. The van der Waals surface area contributed by atoms with E-state index in [-0.39, 0.29) is 0 Å². The van der Waals surface area contributed by atoms with Crippen molar-refractivity contribution in [3.63, 3.8) is 0 Å². The molecule has 1 N–H and O–H groups in total. The predicted octanol–water partition coefficient (Wildman–Crippen LogP) is 4.44. The van der Waals surface area contributed by atoms with Gasteiger partial charge in [-0.25, -0.2) is 4.79 Å². The van der Waals surface area contributed by atoms with Crippen molar-refractivity contribution in [3.8, 4) is 0 Å². The maximum atomic E-state index is 11.2. The molecule has 1 heterocycles. The quantitative estimate of drug-likeness (QED) is 0.819. The Labute approximate surface area is 137 Å². The molecule has 3 nitrogen and oxygen atoms in total. The Morgan fingerprint density at radius 2 is 2.05 bits per heavy atom. The van der Waals surface area contributed by atoms with Crippen molar-refractivity contribution < 1.29 is 9.90 Å². The second-order valence-corrected chi connectivity index (χ2v) is 7.51. The Hall–Kier alpha value is -1.17. The number of carboxylic acids is 1. The molecule has 112 valence electrons. The number of hydrogen-bond acceptors (Lipinski definition) is 3. The van der Waals surface area contributed by atoms with Gasteiger partial charge >= 0.3 is 5.97 Å². The molecule has 0 aliphatic rings. The van der Waals surface area contributed by atoms with Crippen LogP contribution in [-0.2, 0) is 6.42 Å². The van der Waals surface area contributed by atoms with Gasteiger partial charge in [0, 0.05) is 17.5 Å². The van der Waals surface area contributed by atoms with E-state index in [4.69, 9.17) is 0 Å². The van der Waals surface area contributed by atoms with E-state index in [2.05, 4.69) is 46.9 Å². The van der Waals surface area contributed by atoms with Crippen molar-refractivity contribution in [1.29, 1.82) is 0 Å². The Morgan fingerprint density at radius 3 is 2.67 bits per heavy atom. The van der Waals surface area contributed by atoms with Crippen molar-refractivity contribution in [1.82, 2.24) is 4.90 Å². The summed E-state index contributed by atoms with van der Waals surface area (Å²) in [5.41, 5.74) is 1.29. The first kappa shape index (κ1) is 16.2. The average Bonchev–Trinajstić information content (AvgIpc) is 2.90. The van der Waals surface area contributed by atoms with Gasteiger partial charge in [-0.2, -0.15) is 0 Å². The van der Waals surface area contributed by atoms with Crippen molar-refractivity contribution in [2.45, 2.75) is 19.4 Å². The number of likely N-dealkylation sites (N-methyl/N-ethyl adjacent to an activating group) is 1. The third kappa shape index (κ3) is 4.15. The summed E-state index contributed by atoms with van der Waals surface area (Å²) in [4.78, 5) is 14.8. The second-order valence-electron chi connectivity index (χ2n) is 5.01. The van der Waals surface area contributed by atoms with Crippen LogP contribution in [0.1, 0.15) is 33.8 Å². The molecule has 0 saturated heterocycles. The van der Waals surface area contributed by atoms with E-state index in [1.807, 2.05) is 12.1 Å². The van der Waals surface area contributed by atoms with Crippen LogP contribution in [0.4, 0.5) is 0 Å². The molecule has 1 aromatic heterocycles. The highest BCUT2D eigenvalue weighted by molar-refractivity contribution is 9.11. The van der Waals surface area contributed by atoms with Gasteiger partial charge in [-0.3, -0.25) is 4.90 Å². The van der Waals surface area contributed by atoms with E-state index >= 15 is 0 Å². The SMILES string of the molecule is CC(c1ccc(Br)s1)N(C)CCc1ccccc1C(=O)O. The molecule has 0 aliphatic heterocycles. The number of hydrogen-bond donors (Lipinski definition) is 1. The number of nitrogens with zero attached hydrogens (tertiary/aromatic N) is 1. The van der Waals surface area contributed by atoms with Crippen molar-refractivity contribution in [2.24, 2.45) is 0 Å². The Bertz CT molecular complexity index is 626. The fraction of sp³-hybridized carbons (Fsp3) is 0.312. The fourth-order valence-corrected chi connectivity index (χ4v) is 3.75. The molecule has 0 amide bonds. The molecule has 0 radical (unpaired) electrons. The number of halogens is 1. The van der Waals surface area contributed by atoms with Gasteiger partial charge in [-0.1, -0.05) is 18.2 Å². The van der Waals surface area contributed by atoms with Gasteiger partial charge in [-0.05, 0) is 60.1 Å². The van der Waals surface area contributed by atoms with Crippen LogP contribution < -0.4 is 0 Å². The molecule has 1 atom stereocenters. The van der Waals surface area contributed by atoms with Gasteiger partial charge in [0.1, 0.15) is 0 Å². The number of aromatic carboxylic acids is 1. The van der Waals surface area contributed by atoms with Crippen LogP contribution in [-0.4, -0.2) is 29.6 Å². The number of carbonyl (C=O) groups is 1. The zero-order chi connectivity index (χ0) is 15.4. The summed E-state index contributed by atoms with van der Waals surface area (Å²) in [6, 6.07) is 11.7. The average molecular weight is 368 g/mol. The second kappa shape index (κ2) is 7.20. The minimum Gasteiger partial charge on any atom is -0.478 e. The minimum atomic E-state index is -0.858. The maximum Gasteiger partial charge on any atom is 0.335 e. The molecule has 0 bridgehead atoms. The van der Waals surface area contributed by atoms with E-state index in [1.54, 1.807) is 23.5 Å². The topological polar surface area (TPSA) is 40.5 Å². The van der Waals surface area contributed by atoms with Gasteiger partial charge in [-0.15, -0.1) is 11.3 Å². The monoisotopic (exact) mass is 367 g/mol. The number of rotatable bonds is 6. The first-order valence-electron chi connectivity index (χ1n) is 6.75. The molecule has 5 heteroatoms. The lowest BCUT2D eigenvalue weighted by molar-refractivity contribution is 0.0695. The van der Waals surface area contributed by atoms with Crippen LogP contribution in [0.5, 0.6) is 0 Å². The third-order valence-corrected chi connectivity index (χ3v) is 5.44. The number of carboxylic acid groups (broad SMARTS) is 1. The summed E-state index contributed by atoms with van der Waals surface area (Å²) in [6.45, 7) is 2.99. The zero-order valence-corrected chi connectivity index (χ0v) is 14.4. The molecule has 0 fully saturated rings. The van der Waals surface area contributed by atoms with E-state index in [9.17, 15) is 9.90 Å². The minimum absolute atomic E-state index is 0.318. The van der Waals surface area contributed by atoms with Crippen LogP contribution in [0.3, 0.4) is 0 Å². The number of thiophene rings is 1. The molecule has 0 saturated carbocycles. The first-order valence-corrected chi connectivity index (χ1v) is 8.36. The summed E-state index contributed by atoms with van der Waals surface area (Å²) in [5.74, 6) is -0.858. The normalized spacial score (nSPS) is 12.6. The summed E-state index contributed by atoms with van der Waals surface area (Å²) in [7, 11) is 2.07. The predicted molar refractivity (Wildman–Crippen MR) is 90.2 cm³/mol. The van der Waals surface area contributed by atoms with E-state index in [1.165, 1.54) is 4.88 Å². The molecule has 1 unspecified atom stereocenters. The smallest absolute Gasteiger partial charge is 0.335 e. The van der Waals surface area contributed by atoms with Gasteiger partial charge in [0.15, 0.2) is 0 Å². The Balaban J connectivity index is 2.01. The maximum absolute atomic E-state index is 11.2. The summed E-state index contributed by atoms with van der Waals surface area (Å²) < 4.78 is 1.13. The first-order chi connectivity index (χ1) is 9.99. The van der Waals surface area contributed by atoms with Gasteiger partial charge in [0.25, 0.3) is 0 Å². The van der Waals surface area contributed by atoms with Crippen LogP contribution in [0.25, 0.3) is 0 Å². The highest BCUT2D eigenvalue weighted by Gasteiger charge is 2.15. The summed E-state index contributed by atoms with van der Waals surface area (Å²) in [6.07, 6.45) is 0.732. The van der Waals surface area contributed by atoms with Gasteiger partial charge in [0.2, 0.25) is 0 Å². The molecule has 0 aliphatic carbocycles. The Kier molecular flexibility index (Phi) is 5.56. The molecule has 21 heavy (non-hydrogen) atoms. The van der Waals surface area contributed by atoms with Gasteiger partial charge < -0.3 is 5.11 Å². The molecule has 2 aromatic rings. The molecule has 1 aromatic carbocycles. The standard InChI is InChI=1S/C16H18BrNO2S/c1-11(14-7-8-15(17)21-14)18(2)10-9-12-5-3-4-6-13(12)16(19)20/h3-8,11H,9-10H2,1-2H3,(H,19,20). The number of benzene rings is 1. The molecular formula is C16H18BrNO2S. The van der Waals surface area contributed by atoms with Crippen LogP contribution in [0.2, 0.25) is 0 Å². The summed E-state index contributed by atoms with van der Waals surface area (Å²) >= 11 is 5.22. The molecular weight excluding hydrogens is 350 g/mol. The molecule has 2 rings (SSSR count).